The molecule has 0 bridgehead atoms. The van der Waals surface area contributed by atoms with Crippen molar-refractivity contribution in [2.75, 3.05) is 23.8 Å². The summed E-state index contributed by atoms with van der Waals surface area (Å²) in [7, 11) is -1.96. The number of nitrogens with one attached hydrogen (secondary N) is 2. The van der Waals surface area contributed by atoms with Crippen LogP contribution in [0.4, 0.5) is 29.6 Å². The Morgan fingerprint density at radius 2 is 1.45 bits per heavy atom. The molecule has 0 unspecified atom stereocenters. The van der Waals surface area contributed by atoms with Crippen molar-refractivity contribution in [3.8, 4) is 17.3 Å². The van der Waals surface area contributed by atoms with Crippen LogP contribution in [0.3, 0.4) is 0 Å². The van der Waals surface area contributed by atoms with Crippen LogP contribution in [0.1, 0.15) is 32.0 Å². The molecule has 13 heteroatoms. The van der Waals surface area contributed by atoms with Crippen LogP contribution in [0, 0.1) is 6.92 Å². The van der Waals surface area contributed by atoms with Gasteiger partial charge in [-0.1, -0.05) is 57.2 Å². The molecular weight excluding hydrogens is 565 g/mol. The fourth-order valence-electron chi connectivity index (χ4n) is 3.80. The molecule has 9 nitrogen and oxygen atoms in total. The first-order chi connectivity index (χ1) is 19.7. The van der Waals surface area contributed by atoms with Gasteiger partial charge >= 0.3 is 12.2 Å². The maximum Gasteiger partial charge on any atom is 0.435 e. The van der Waals surface area contributed by atoms with Crippen molar-refractivity contribution < 1.29 is 27.1 Å². The first-order valence-corrected chi connectivity index (χ1v) is 16.3. The smallest absolute Gasteiger partial charge is 0.435 e. The van der Waals surface area contributed by atoms with E-state index in [4.69, 9.17) is 9.16 Å². The number of amides is 2. The predicted octanol–water partition coefficient (Wildman–Crippen LogP) is 7.43. The summed E-state index contributed by atoms with van der Waals surface area (Å²) in [6.45, 7) is 13.2. The summed E-state index contributed by atoms with van der Waals surface area (Å²) >= 11 is 0. The van der Waals surface area contributed by atoms with E-state index in [0.717, 1.165) is 10.7 Å². The lowest BCUT2D eigenvalue weighted by molar-refractivity contribution is -0.141. The number of aromatic nitrogens is 4. The lowest BCUT2D eigenvalue weighted by atomic mass is 10.2. The molecule has 42 heavy (non-hydrogen) atoms. The van der Waals surface area contributed by atoms with Crippen molar-refractivity contribution in [2.24, 2.45) is 0 Å². The molecule has 0 saturated heterocycles. The van der Waals surface area contributed by atoms with Crippen molar-refractivity contribution in [1.82, 2.24) is 19.6 Å². The molecule has 0 aliphatic rings. The van der Waals surface area contributed by atoms with Gasteiger partial charge in [0.25, 0.3) is 0 Å². The fraction of sp³-hybridized carbons (Fsp3) is 0.345. The van der Waals surface area contributed by atoms with E-state index in [2.05, 4.69) is 54.7 Å². The van der Waals surface area contributed by atoms with Gasteiger partial charge in [-0.15, -0.1) is 5.10 Å². The highest BCUT2D eigenvalue weighted by Gasteiger charge is 2.37. The Morgan fingerprint density at radius 3 is 2.00 bits per heavy atom. The van der Waals surface area contributed by atoms with Gasteiger partial charge in [-0.3, -0.25) is 10.6 Å². The Kier molecular flexibility index (Phi) is 8.83. The first-order valence-electron chi connectivity index (χ1n) is 13.4. The third kappa shape index (κ3) is 7.02. The van der Waals surface area contributed by atoms with Gasteiger partial charge in [0.15, 0.2) is 14.0 Å². The molecule has 0 saturated carbocycles. The van der Waals surface area contributed by atoms with Crippen molar-refractivity contribution in [1.29, 1.82) is 0 Å². The van der Waals surface area contributed by atoms with Gasteiger partial charge in [-0.25, -0.2) is 14.2 Å². The normalized spacial score (nSPS) is 12.3. The SMILES string of the molecule is Cc1c(OCCO[Si](C)(C)C(C)(C)C)nn(-c2ccccc2)c1NC(=O)Nc1cc(C(F)(F)F)nn1-c1ccccc1. The van der Waals surface area contributed by atoms with Crippen LogP contribution in [0.25, 0.3) is 11.4 Å². The highest BCUT2D eigenvalue weighted by atomic mass is 28.4. The Balaban J connectivity index is 1.57. The summed E-state index contributed by atoms with van der Waals surface area (Å²) in [6.07, 6.45) is -4.70. The summed E-state index contributed by atoms with van der Waals surface area (Å²) in [4.78, 5) is 13.2. The van der Waals surface area contributed by atoms with E-state index in [1.54, 1.807) is 49.4 Å². The minimum atomic E-state index is -4.70. The number of halogens is 3. The maximum absolute atomic E-state index is 13.5. The van der Waals surface area contributed by atoms with E-state index in [1.165, 1.54) is 4.68 Å². The number of para-hydroxylation sites is 2. The second-order valence-electron chi connectivity index (χ2n) is 11.2. The lowest BCUT2D eigenvalue weighted by Gasteiger charge is -2.36. The lowest BCUT2D eigenvalue weighted by Crippen LogP contribution is -2.41. The van der Waals surface area contributed by atoms with E-state index in [0.29, 0.717) is 35.2 Å². The molecule has 0 spiro atoms. The number of benzene rings is 2. The number of rotatable bonds is 9. The van der Waals surface area contributed by atoms with Crippen molar-refractivity contribution >= 4 is 26.0 Å². The van der Waals surface area contributed by atoms with Crippen LogP contribution in [0.15, 0.2) is 66.7 Å². The van der Waals surface area contributed by atoms with Gasteiger partial charge in [0.2, 0.25) is 5.88 Å². The number of ether oxygens (including phenoxy) is 1. The number of carbonyl (C=O) groups excluding carboxylic acids is 1. The second-order valence-corrected chi connectivity index (χ2v) is 16.0. The Morgan fingerprint density at radius 1 is 0.881 bits per heavy atom. The zero-order chi connectivity index (χ0) is 30.7. The topological polar surface area (TPSA) is 95.2 Å². The predicted molar refractivity (Wildman–Crippen MR) is 158 cm³/mol. The van der Waals surface area contributed by atoms with Gasteiger partial charge in [-0.05, 0) is 49.3 Å². The zero-order valence-corrected chi connectivity index (χ0v) is 25.4. The van der Waals surface area contributed by atoms with Gasteiger partial charge < -0.3 is 9.16 Å². The number of hydrogen-bond donors (Lipinski definition) is 2. The average Bonchev–Trinajstić information content (AvgIpc) is 3.48. The largest absolute Gasteiger partial charge is 0.474 e. The third-order valence-corrected chi connectivity index (χ3v) is 11.7. The second kappa shape index (κ2) is 12.0. The van der Waals surface area contributed by atoms with E-state index in [9.17, 15) is 18.0 Å². The molecule has 4 rings (SSSR count). The van der Waals surface area contributed by atoms with Crippen LogP contribution in [-0.4, -0.2) is 47.1 Å². The molecule has 2 aromatic heterocycles. The average molecular weight is 601 g/mol. The number of nitrogens with zero attached hydrogens (tertiary/aromatic N) is 4. The van der Waals surface area contributed by atoms with E-state index >= 15 is 0 Å². The molecule has 2 heterocycles. The third-order valence-electron chi connectivity index (χ3n) is 7.14. The monoisotopic (exact) mass is 600 g/mol. The Labute approximate surface area is 243 Å². The van der Waals surface area contributed by atoms with Crippen LogP contribution < -0.4 is 15.4 Å². The van der Waals surface area contributed by atoms with Crippen LogP contribution >= 0.6 is 0 Å². The Bertz CT molecular complexity index is 1510. The molecule has 0 fully saturated rings. The number of urea groups is 1. The van der Waals surface area contributed by atoms with E-state index in [-0.39, 0.29) is 17.5 Å². The minimum Gasteiger partial charge on any atom is -0.474 e. The number of carbonyl (C=O) groups is 1. The highest BCUT2D eigenvalue weighted by Crippen LogP contribution is 2.36. The van der Waals surface area contributed by atoms with Crippen LogP contribution in [0.5, 0.6) is 5.88 Å². The zero-order valence-electron chi connectivity index (χ0n) is 24.4. The standard InChI is InChI=1S/C29H35F3N6O3Si/c1-20-25(34-27(39)33-24-19-23(29(30,31)32)35-37(24)21-13-9-7-10-14-21)38(22-15-11-8-12-16-22)36-26(20)40-17-18-41-42(5,6)28(2,3)4/h7-16,19H,17-18H2,1-6H3,(H2,33,34,39). The molecule has 0 aliphatic carbocycles. The van der Waals surface area contributed by atoms with Crippen LogP contribution in [-0.2, 0) is 10.6 Å². The van der Waals surface area contributed by atoms with E-state index in [1.807, 2.05) is 18.2 Å². The quantitative estimate of drug-likeness (QED) is 0.154. The number of alkyl halides is 3. The fourth-order valence-corrected chi connectivity index (χ4v) is 4.82. The molecule has 2 amide bonds. The number of hydrogen-bond acceptors (Lipinski definition) is 5. The van der Waals surface area contributed by atoms with Gasteiger partial charge in [0.05, 0.1) is 23.5 Å². The minimum absolute atomic E-state index is 0.0546. The molecule has 0 atom stereocenters. The van der Waals surface area contributed by atoms with Crippen molar-refractivity contribution in [2.45, 2.75) is 52.0 Å². The molecule has 2 N–H and O–H groups in total. The highest BCUT2D eigenvalue weighted by molar-refractivity contribution is 6.74. The van der Waals surface area contributed by atoms with Gasteiger partial charge in [0, 0.05) is 6.07 Å². The summed E-state index contributed by atoms with van der Waals surface area (Å²) < 4.78 is 55.2. The molecule has 2 aromatic carbocycles. The molecule has 0 radical (unpaired) electrons. The maximum atomic E-state index is 13.5. The van der Waals surface area contributed by atoms with Gasteiger partial charge in [0.1, 0.15) is 18.2 Å². The van der Waals surface area contributed by atoms with Gasteiger partial charge in [-0.2, -0.15) is 18.3 Å². The van der Waals surface area contributed by atoms with Crippen LogP contribution in [0.2, 0.25) is 18.1 Å². The van der Waals surface area contributed by atoms with Crippen molar-refractivity contribution in [3.63, 3.8) is 0 Å². The molecular formula is C29H35F3N6O3Si. The summed E-state index contributed by atoms with van der Waals surface area (Å²) in [6, 6.07) is 17.3. The molecule has 224 valence electrons. The summed E-state index contributed by atoms with van der Waals surface area (Å²) in [5, 5.41) is 13.5. The van der Waals surface area contributed by atoms with Crippen molar-refractivity contribution in [3.05, 3.63) is 78.0 Å². The number of anilines is 2. The van der Waals surface area contributed by atoms with E-state index < -0.39 is 26.2 Å². The molecule has 4 aromatic rings. The molecule has 0 aliphatic heterocycles. The first kappa shape index (κ1) is 30.8. The summed E-state index contributed by atoms with van der Waals surface area (Å²) in [5.41, 5.74) is 0.401. The Hall–Kier alpha value is -4.10. The summed E-state index contributed by atoms with van der Waals surface area (Å²) in [5.74, 6) is 0.427.